The van der Waals surface area contributed by atoms with Gasteiger partial charge in [-0.3, -0.25) is 4.79 Å². The van der Waals surface area contributed by atoms with E-state index in [2.05, 4.69) is 20.8 Å². The number of benzene rings is 2. The molecule has 5 nitrogen and oxygen atoms in total. The van der Waals surface area contributed by atoms with Crippen molar-refractivity contribution in [1.29, 1.82) is 0 Å². The van der Waals surface area contributed by atoms with Crippen LogP contribution in [0.3, 0.4) is 0 Å². The molecule has 0 bridgehead atoms. The summed E-state index contributed by atoms with van der Waals surface area (Å²) in [4.78, 5) is 12.3. The molecule has 2 aromatic carbocycles. The Balaban J connectivity index is 1.74. The number of aryl methyl sites for hydroxylation is 2. The maximum absolute atomic E-state index is 13.6. The second-order valence-corrected chi connectivity index (χ2v) is 5.80. The Kier molecular flexibility index (Phi) is 4.88. The molecule has 26 heavy (non-hydrogen) atoms. The summed E-state index contributed by atoms with van der Waals surface area (Å²) in [6.45, 7) is 3.86. The third kappa shape index (κ3) is 3.83. The van der Waals surface area contributed by atoms with Crippen LogP contribution in [-0.4, -0.2) is 16.1 Å². The number of halogens is 2. The van der Waals surface area contributed by atoms with Crippen molar-refractivity contribution in [2.45, 2.75) is 13.8 Å². The van der Waals surface area contributed by atoms with Gasteiger partial charge in [-0.2, -0.15) is 0 Å². The van der Waals surface area contributed by atoms with Gasteiger partial charge in [-0.1, -0.05) is 23.8 Å². The summed E-state index contributed by atoms with van der Waals surface area (Å²) in [5.74, 6) is -1.79. The highest BCUT2D eigenvalue weighted by molar-refractivity contribution is 6.03. The van der Waals surface area contributed by atoms with Crippen LogP contribution in [0.25, 0.3) is 0 Å². The molecule has 7 heteroatoms. The molecule has 0 atom stereocenters. The Morgan fingerprint density at radius 1 is 0.962 bits per heavy atom. The number of hydrogen-bond donors (Lipinski definition) is 2. The number of amides is 1. The predicted molar refractivity (Wildman–Crippen MR) is 95.5 cm³/mol. The van der Waals surface area contributed by atoms with Crippen LogP contribution >= 0.6 is 0 Å². The number of para-hydroxylation sites is 1. The molecule has 0 aliphatic carbocycles. The number of hydrogen-bond acceptors (Lipinski definition) is 4. The number of carbonyl (C=O) groups is 1. The molecule has 0 radical (unpaired) electrons. The van der Waals surface area contributed by atoms with E-state index in [4.69, 9.17) is 0 Å². The van der Waals surface area contributed by atoms with Crippen LogP contribution < -0.4 is 10.6 Å². The summed E-state index contributed by atoms with van der Waals surface area (Å²) in [5.41, 5.74) is 2.47. The van der Waals surface area contributed by atoms with E-state index < -0.39 is 17.5 Å². The Bertz CT molecular complexity index is 938. The lowest BCUT2D eigenvalue weighted by Gasteiger charge is -2.09. The van der Waals surface area contributed by atoms with Crippen LogP contribution in [0.4, 0.5) is 26.0 Å². The molecule has 0 saturated heterocycles. The fourth-order valence-corrected chi connectivity index (χ4v) is 2.41. The summed E-state index contributed by atoms with van der Waals surface area (Å²) >= 11 is 0. The number of carbonyl (C=O) groups excluding carboxylic acids is 1. The van der Waals surface area contributed by atoms with Crippen LogP contribution in [0.2, 0.25) is 0 Å². The molecular formula is C19H16F2N4O. The Labute approximate surface area is 149 Å². The molecule has 1 heterocycles. The van der Waals surface area contributed by atoms with Gasteiger partial charge in [-0.15, -0.1) is 10.2 Å². The molecule has 3 rings (SSSR count). The van der Waals surface area contributed by atoms with Gasteiger partial charge in [0.1, 0.15) is 17.3 Å². The topological polar surface area (TPSA) is 66.9 Å². The van der Waals surface area contributed by atoms with Crippen LogP contribution in [0, 0.1) is 25.5 Å². The molecule has 1 amide bonds. The summed E-state index contributed by atoms with van der Waals surface area (Å²) < 4.78 is 27.3. The Morgan fingerprint density at radius 3 is 2.31 bits per heavy atom. The number of nitrogens with one attached hydrogen (secondary N) is 2. The van der Waals surface area contributed by atoms with Crippen molar-refractivity contribution in [3.05, 3.63) is 77.0 Å². The van der Waals surface area contributed by atoms with Gasteiger partial charge in [0.2, 0.25) is 0 Å². The largest absolute Gasteiger partial charge is 0.334 e. The second kappa shape index (κ2) is 7.26. The monoisotopic (exact) mass is 354 g/mol. The molecule has 0 aliphatic rings. The third-order valence-corrected chi connectivity index (χ3v) is 3.74. The molecule has 0 spiro atoms. The summed E-state index contributed by atoms with van der Waals surface area (Å²) in [6, 6.07) is 12.0. The third-order valence-electron chi connectivity index (χ3n) is 3.74. The van der Waals surface area contributed by atoms with Crippen LogP contribution in [0.1, 0.15) is 21.6 Å². The number of aromatic nitrogens is 2. The van der Waals surface area contributed by atoms with E-state index in [1.54, 1.807) is 0 Å². The van der Waals surface area contributed by atoms with Crippen molar-refractivity contribution in [3.8, 4) is 0 Å². The first-order chi connectivity index (χ1) is 12.4. The smallest absolute Gasteiger partial charge is 0.276 e. The minimum absolute atomic E-state index is 0.0875. The first-order valence-electron chi connectivity index (χ1n) is 7.87. The molecule has 132 valence electrons. The Hall–Kier alpha value is -3.35. The number of rotatable bonds is 4. The van der Waals surface area contributed by atoms with Crippen molar-refractivity contribution in [3.63, 3.8) is 0 Å². The van der Waals surface area contributed by atoms with E-state index in [1.807, 2.05) is 32.0 Å². The van der Waals surface area contributed by atoms with E-state index in [-0.39, 0.29) is 17.2 Å². The molecule has 0 fully saturated rings. The zero-order chi connectivity index (χ0) is 18.7. The van der Waals surface area contributed by atoms with Gasteiger partial charge in [0.25, 0.3) is 5.91 Å². The van der Waals surface area contributed by atoms with Crippen LogP contribution in [0.5, 0.6) is 0 Å². The van der Waals surface area contributed by atoms with Gasteiger partial charge in [0, 0.05) is 5.69 Å². The van der Waals surface area contributed by atoms with E-state index >= 15 is 0 Å². The van der Waals surface area contributed by atoms with Crippen molar-refractivity contribution in [1.82, 2.24) is 10.2 Å². The van der Waals surface area contributed by atoms with E-state index in [9.17, 15) is 13.6 Å². The van der Waals surface area contributed by atoms with E-state index in [1.165, 1.54) is 18.2 Å². The predicted octanol–water partition coefficient (Wildman–Crippen LogP) is 4.37. The van der Waals surface area contributed by atoms with Crippen molar-refractivity contribution in [2.24, 2.45) is 0 Å². The zero-order valence-electron chi connectivity index (χ0n) is 14.2. The second-order valence-electron chi connectivity index (χ2n) is 5.80. The number of nitrogens with zero attached hydrogens (tertiary/aromatic N) is 2. The standard InChI is InChI=1S/C19H16F2N4O/c1-11-6-7-15(12(2)10-11)22-19(26)16-8-9-17(25-24-16)23-18-13(20)4-3-5-14(18)21/h3-10H,1-2H3,(H,22,26)(H,23,25). The van der Waals surface area contributed by atoms with Crippen molar-refractivity contribution in [2.75, 3.05) is 10.6 Å². The van der Waals surface area contributed by atoms with Gasteiger partial charge in [-0.25, -0.2) is 8.78 Å². The first kappa shape index (κ1) is 17.5. The highest BCUT2D eigenvalue weighted by Crippen LogP contribution is 2.22. The van der Waals surface area contributed by atoms with Crippen molar-refractivity contribution >= 4 is 23.1 Å². The van der Waals surface area contributed by atoms with Crippen molar-refractivity contribution < 1.29 is 13.6 Å². The minimum Gasteiger partial charge on any atom is -0.334 e. The van der Waals surface area contributed by atoms with E-state index in [0.717, 1.165) is 23.3 Å². The molecule has 1 aromatic heterocycles. The molecule has 0 saturated carbocycles. The fourth-order valence-electron chi connectivity index (χ4n) is 2.41. The number of anilines is 3. The maximum Gasteiger partial charge on any atom is 0.276 e. The molecule has 2 N–H and O–H groups in total. The first-order valence-corrected chi connectivity index (χ1v) is 7.87. The quantitative estimate of drug-likeness (QED) is 0.730. The fraction of sp³-hybridized carbons (Fsp3) is 0.105. The minimum atomic E-state index is -0.747. The highest BCUT2D eigenvalue weighted by Gasteiger charge is 2.12. The van der Waals surface area contributed by atoms with Gasteiger partial charge in [0.15, 0.2) is 11.5 Å². The lowest BCUT2D eigenvalue weighted by Crippen LogP contribution is -2.15. The normalized spacial score (nSPS) is 10.5. The lowest BCUT2D eigenvalue weighted by molar-refractivity contribution is 0.102. The molecule has 0 aliphatic heterocycles. The average Bonchev–Trinajstić information content (AvgIpc) is 2.61. The van der Waals surface area contributed by atoms with Gasteiger partial charge < -0.3 is 10.6 Å². The maximum atomic E-state index is 13.6. The van der Waals surface area contributed by atoms with Gasteiger partial charge in [0.05, 0.1) is 0 Å². The lowest BCUT2D eigenvalue weighted by atomic mass is 10.1. The molecular weight excluding hydrogens is 338 g/mol. The van der Waals surface area contributed by atoms with Crippen LogP contribution in [-0.2, 0) is 0 Å². The SMILES string of the molecule is Cc1ccc(NC(=O)c2ccc(Nc3c(F)cccc3F)nn2)c(C)c1. The summed E-state index contributed by atoms with van der Waals surface area (Å²) in [6.07, 6.45) is 0. The summed E-state index contributed by atoms with van der Waals surface area (Å²) in [5, 5.41) is 12.9. The zero-order valence-corrected chi connectivity index (χ0v) is 14.2. The average molecular weight is 354 g/mol. The Morgan fingerprint density at radius 2 is 1.69 bits per heavy atom. The summed E-state index contributed by atoms with van der Waals surface area (Å²) in [7, 11) is 0. The molecule has 0 unspecified atom stereocenters. The molecule has 3 aromatic rings. The van der Waals surface area contributed by atoms with Crippen LogP contribution in [0.15, 0.2) is 48.5 Å². The highest BCUT2D eigenvalue weighted by atomic mass is 19.1. The van der Waals surface area contributed by atoms with Gasteiger partial charge >= 0.3 is 0 Å². The van der Waals surface area contributed by atoms with Gasteiger partial charge in [-0.05, 0) is 49.7 Å². The van der Waals surface area contributed by atoms with E-state index in [0.29, 0.717) is 5.69 Å².